The van der Waals surface area contributed by atoms with Crippen LogP contribution in [0.1, 0.15) is 21.7 Å². The summed E-state index contributed by atoms with van der Waals surface area (Å²) >= 11 is 5.46. The third kappa shape index (κ3) is 4.18. The molecule has 2 rings (SSSR count). The molecule has 128 valence electrons. The van der Waals surface area contributed by atoms with E-state index >= 15 is 0 Å². The minimum Gasteiger partial charge on any atom is -0.355 e. The molecule has 1 aromatic heterocycles. The number of hydrogen-bond acceptors (Lipinski definition) is 4. The first-order valence-corrected chi connectivity index (χ1v) is 8.11. The van der Waals surface area contributed by atoms with Crippen LogP contribution in [0.2, 0.25) is 0 Å². The minimum absolute atomic E-state index is 0.0792. The van der Waals surface area contributed by atoms with Crippen LogP contribution in [0.4, 0.5) is 0 Å². The van der Waals surface area contributed by atoms with Gasteiger partial charge in [0.1, 0.15) is 5.82 Å². The Morgan fingerprint density at radius 3 is 2.67 bits per heavy atom. The van der Waals surface area contributed by atoms with Crippen LogP contribution in [-0.4, -0.2) is 39.3 Å². The van der Waals surface area contributed by atoms with Crippen LogP contribution in [0.5, 0.6) is 0 Å². The third-order valence-electron chi connectivity index (χ3n) is 3.69. The fraction of sp³-hybridized carbons (Fsp3) is 0.353. The van der Waals surface area contributed by atoms with Crippen molar-refractivity contribution in [2.45, 2.75) is 26.7 Å². The molecule has 0 bridgehead atoms. The molecule has 0 spiro atoms. The zero-order valence-corrected chi connectivity index (χ0v) is 15.1. The van der Waals surface area contributed by atoms with Gasteiger partial charge in [0.05, 0.1) is 6.67 Å². The summed E-state index contributed by atoms with van der Waals surface area (Å²) < 4.78 is 4.45. The summed E-state index contributed by atoms with van der Waals surface area (Å²) in [5.74, 6) is 0.799. The fourth-order valence-corrected chi connectivity index (χ4v) is 2.78. The summed E-state index contributed by atoms with van der Waals surface area (Å²) in [4.78, 5) is 13.7. The van der Waals surface area contributed by atoms with Gasteiger partial charge in [-0.3, -0.25) is 9.69 Å². The van der Waals surface area contributed by atoms with Gasteiger partial charge < -0.3 is 9.88 Å². The van der Waals surface area contributed by atoms with Gasteiger partial charge in [-0.15, -0.1) is 6.58 Å². The van der Waals surface area contributed by atoms with E-state index in [1.807, 2.05) is 53.6 Å². The molecule has 0 aliphatic rings. The Morgan fingerprint density at radius 1 is 1.42 bits per heavy atom. The second-order valence-corrected chi connectivity index (χ2v) is 6.03. The first-order chi connectivity index (χ1) is 11.5. The smallest absolute Gasteiger partial charge is 0.251 e. The largest absolute Gasteiger partial charge is 0.355 e. The lowest BCUT2D eigenvalue weighted by Crippen LogP contribution is -2.23. The number of amides is 1. The number of benzene rings is 1. The zero-order valence-electron chi connectivity index (χ0n) is 14.3. The maximum absolute atomic E-state index is 11.6. The number of aromatic nitrogens is 3. The lowest BCUT2D eigenvalue weighted by atomic mass is 10.1. The predicted octanol–water partition coefficient (Wildman–Crippen LogP) is 2.36. The van der Waals surface area contributed by atoms with Crippen molar-refractivity contribution in [3.8, 4) is 0 Å². The fourth-order valence-electron chi connectivity index (χ4n) is 2.48. The number of aryl methyl sites for hydroxylation is 1. The highest BCUT2D eigenvalue weighted by Crippen LogP contribution is 2.08. The van der Waals surface area contributed by atoms with Gasteiger partial charge in [-0.1, -0.05) is 18.2 Å². The van der Waals surface area contributed by atoms with E-state index in [4.69, 9.17) is 12.2 Å². The molecule has 0 aliphatic heterocycles. The van der Waals surface area contributed by atoms with Crippen molar-refractivity contribution in [1.29, 1.82) is 0 Å². The molecule has 0 fully saturated rings. The van der Waals surface area contributed by atoms with Gasteiger partial charge >= 0.3 is 0 Å². The lowest BCUT2D eigenvalue weighted by Gasteiger charge is -2.16. The Balaban J connectivity index is 2.04. The van der Waals surface area contributed by atoms with E-state index in [2.05, 4.69) is 21.9 Å². The number of rotatable bonds is 7. The van der Waals surface area contributed by atoms with Crippen molar-refractivity contribution in [1.82, 2.24) is 24.6 Å². The molecule has 6 nitrogen and oxygen atoms in total. The number of hydrogen-bond donors (Lipinski definition) is 1. The number of carbonyl (C=O) groups excluding carboxylic acids is 1. The maximum atomic E-state index is 11.6. The lowest BCUT2D eigenvalue weighted by molar-refractivity contribution is 0.0963. The van der Waals surface area contributed by atoms with Crippen molar-refractivity contribution >= 4 is 18.1 Å². The first kappa shape index (κ1) is 18.1. The molecule has 1 aromatic carbocycles. The van der Waals surface area contributed by atoms with Crippen molar-refractivity contribution in [2.75, 3.05) is 14.1 Å². The third-order valence-corrected chi connectivity index (χ3v) is 4.12. The highest BCUT2D eigenvalue weighted by atomic mass is 32.1. The van der Waals surface area contributed by atoms with Gasteiger partial charge in [-0.25, -0.2) is 4.68 Å². The Labute approximate surface area is 147 Å². The van der Waals surface area contributed by atoms with Crippen molar-refractivity contribution in [3.05, 3.63) is 58.6 Å². The number of carbonyl (C=O) groups is 1. The second kappa shape index (κ2) is 8.03. The van der Waals surface area contributed by atoms with E-state index in [9.17, 15) is 4.79 Å². The second-order valence-electron chi connectivity index (χ2n) is 5.66. The van der Waals surface area contributed by atoms with Gasteiger partial charge in [0.25, 0.3) is 5.91 Å². The van der Waals surface area contributed by atoms with Gasteiger partial charge in [0.2, 0.25) is 0 Å². The molecule has 0 radical (unpaired) electrons. The number of nitrogens with zero attached hydrogens (tertiary/aromatic N) is 4. The summed E-state index contributed by atoms with van der Waals surface area (Å²) in [5, 5.41) is 7.11. The monoisotopic (exact) mass is 345 g/mol. The normalized spacial score (nSPS) is 10.8. The van der Waals surface area contributed by atoms with Crippen molar-refractivity contribution in [2.24, 2.45) is 0 Å². The van der Waals surface area contributed by atoms with Crippen LogP contribution in [0.15, 0.2) is 36.9 Å². The molecular formula is C17H23N5OS. The van der Waals surface area contributed by atoms with E-state index in [-0.39, 0.29) is 5.91 Å². The van der Waals surface area contributed by atoms with Crippen molar-refractivity contribution in [3.63, 3.8) is 0 Å². The minimum atomic E-state index is -0.0792. The Morgan fingerprint density at radius 2 is 2.08 bits per heavy atom. The van der Waals surface area contributed by atoms with Crippen molar-refractivity contribution < 1.29 is 4.79 Å². The van der Waals surface area contributed by atoms with E-state index < -0.39 is 0 Å². The SMILES string of the molecule is C=CCn1c(C)nn(CN(C)Cc2ccc(C(=O)NC)cc2)c1=S. The molecule has 0 unspecified atom stereocenters. The van der Waals surface area contributed by atoms with Crippen LogP contribution in [0, 0.1) is 11.7 Å². The molecule has 7 heteroatoms. The Bertz CT molecular complexity index is 775. The molecular weight excluding hydrogens is 322 g/mol. The van der Waals surface area contributed by atoms with Gasteiger partial charge in [0, 0.05) is 25.7 Å². The van der Waals surface area contributed by atoms with E-state index in [1.54, 1.807) is 7.05 Å². The summed E-state index contributed by atoms with van der Waals surface area (Å²) in [6.45, 7) is 7.68. The van der Waals surface area contributed by atoms with Crippen LogP contribution in [0.25, 0.3) is 0 Å². The molecule has 24 heavy (non-hydrogen) atoms. The van der Waals surface area contributed by atoms with Gasteiger partial charge in [-0.2, -0.15) is 5.10 Å². The average Bonchev–Trinajstić information content (AvgIpc) is 2.82. The highest BCUT2D eigenvalue weighted by molar-refractivity contribution is 7.71. The number of nitrogens with one attached hydrogen (secondary N) is 1. The summed E-state index contributed by atoms with van der Waals surface area (Å²) in [5.41, 5.74) is 1.78. The van der Waals surface area contributed by atoms with Crippen LogP contribution in [0.3, 0.4) is 0 Å². The highest BCUT2D eigenvalue weighted by Gasteiger charge is 2.09. The zero-order chi connectivity index (χ0) is 17.7. The van der Waals surface area contributed by atoms with E-state index in [0.717, 1.165) is 17.9 Å². The van der Waals surface area contributed by atoms with Crippen LogP contribution >= 0.6 is 12.2 Å². The number of allylic oxidation sites excluding steroid dienone is 1. The summed E-state index contributed by atoms with van der Waals surface area (Å²) in [7, 11) is 3.64. The maximum Gasteiger partial charge on any atom is 0.251 e. The molecule has 2 aromatic rings. The Kier molecular flexibility index (Phi) is 6.05. The molecule has 1 amide bonds. The molecule has 1 heterocycles. The molecule has 0 aliphatic carbocycles. The quantitative estimate of drug-likeness (QED) is 0.618. The average molecular weight is 345 g/mol. The van der Waals surface area contributed by atoms with E-state index in [0.29, 0.717) is 23.5 Å². The topological polar surface area (TPSA) is 55.1 Å². The molecule has 0 saturated heterocycles. The standard InChI is InChI=1S/C17H23N5OS/c1-5-10-21-13(2)19-22(17(21)24)12-20(4)11-14-6-8-15(9-7-14)16(23)18-3/h5-9H,1,10-12H2,2-4H3,(H,18,23). The summed E-state index contributed by atoms with van der Waals surface area (Å²) in [6, 6.07) is 7.58. The van der Waals surface area contributed by atoms with Crippen LogP contribution in [-0.2, 0) is 19.8 Å². The molecule has 0 saturated carbocycles. The summed E-state index contributed by atoms with van der Waals surface area (Å²) in [6.07, 6.45) is 1.81. The Hall–Kier alpha value is -2.25. The molecule has 0 atom stereocenters. The van der Waals surface area contributed by atoms with E-state index in [1.165, 1.54) is 0 Å². The van der Waals surface area contributed by atoms with Gasteiger partial charge in [-0.05, 0) is 43.9 Å². The predicted molar refractivity (Wildman–Crippen MR) is 97.3 cm³/mol. The van der Waals surface area contributed by atoms with Gasteiger partial charge in [0.15, 0.2) is 4.77 Å². The molecule has 1 N–H and O–H groups in total. The van der Waals surface area contributed by atoms with Crippen LogP contribution < -0.4 is 5.32 Å². The first-order valence-electron chi connectivity index (χ1n) is 7.71.